The summed E-state index contributed by atoms with van der Waals surface area (Å²) in [7, 11) is 0. The predicted octanol–water partition coefficient (Wildman–Crippen LogP) is 3.47. The lowest BCUT2D eigenvalue weighted by Crippen LogP contribution is -2.22. The molecule has 104 valence electrons. The first-order chi connectivity index (χ1) is 9.86. The van der Waals surface area contributed by atoms with Crippen molar-refractivity contribution in [3.8, 4) is 11.8 Å². The minimum atomic E-state index is 0.288. The van der Waals surface area contributed by atoms with E-state index in [4.69, 9.17) is 0 Å². The molecule has 2 aromatic rings. The van der Waals surface area contributed by atoms with Gasteiger partial charge in [0.25, 0.3) is 0 Å². The average Bonchev–Trinajstić information content (AvgIpc) is 2.50. The monoisotopic (exact) mass is 267 g/mol. The summed E-state index contributed by atoms with van der Waals surface area (Å²) in [5.74, 6) is 6.11. The second-order valence-corrected chi connectivity index (χ2v) is 4.74. The van der Waals surface area contributed by atoms with E-state index in [9.17, 15) is 0 Å². The minimum absolute atomic E-state index is 0.288. The van der Waals surface area contributed by atoms with E-state index in [1.165, 1.54) is 5.56 Å². The molecule has 0 spiro atoms. The molecule has 1 aromatic heterocycles. The van der Waals surface area contributed by atoms with Crippen molar-refractivity contribution in [3.05, 3.63) is 36.2 Å². The fraction of sp³-hybridized carbons (Fsp3) is 0.412. The molecule has 1 N–H and O–H groups in total. The van der Waals surface area contributed by atoms with Crippen molar-refractivity contribution in [2.75, 3.05) is 6.54 Å². The van der Waals surface area contributed by atoms with Gasteiger partial charge in [-0.25, -0.2) is 0 Å². The van der Waals surface area contributed by atoms with Crippen molar-refractivity contribution in [2.45, 2.75) is 39.2 Å². The molecule has 0 fully saturated rings. The van der Waals surface area contributed by atoms with Gasteiger partial charge in [0.1, 0.15) is 0 Å². The average molecular weight is 267 g/mol. The van der Waals surface area contributed by atoms with Crippen LogP contribution >= 0.6 is 0 Å². The maximum atomic E-state index is 4.50. The summed E-state index contributed by atoms with van der Waals surface area (Å²) in [6, 6.07) is 6.49. The molecule has 0 bridgehead atoms. The highest BCUT2D eigenvalue weighted by Crippen LogP contribution is 2.24. The molecule has 1 heterocycles. The number of nitrogens with one attached hydrogen (secondary N) is 1. The molecular weight excluding hydrogens is 246 g/mol. The van der Waals surface area contributed by atoms with Gasteiger partial charge in [-0.15, -0.1) is 11.8 Å². The zero-order valence-electron chi connectivity index (χ0n) is 12.2. The first-order valence-electron chi connectivity index (χ1n) is 7.19. The summed E-state index contributed by atoms with van der Waals surface area (Å²) < 4.78 is 0. The van der Waals surface area contributed by atoms with Crippen molar-refractivity contribution < 1.29 is 0 Å². The van der Waals surface area contributed by atoms with Gasteiger partial charge in [0.2, 0.25) is 0 Å². The standard InChI is InChI=1S/C17H21N3/c1-3-5-6-9-15(18-11-4-2)14-8-7-10-16-17(14)20-13-12-19-16/h7-8,10,12-13,15,18H,4,6,9,11H2,1-2H3. The van der Waals surface area contributed by atoms with Gasteiger partial charge >= 0.3 is 0 Å². The van der Waals surface area contributed by atoms with Crippen LogP contribution in [-0.4, -0.2) is 16.5 Å². The van der Waals surface area contributed by atoms with E-state index in [0.29, 0.717) is 0 Å². The van der Waals surface area contributed by atoms with Crippen molar-refractivity contribution in [1.29, 1.82) is 0 Å². The van der Waals surface area contributed by atoms with E-state index in [0.717, 1.165) is 36.8 Å². The van der Waals surface area contributed by atoms with Crippen molar-refractivity contribution in [3.63, 3.8) is 0 Å². The van der Waals surface area contributed by atoms with E-state index in [-0.39, 0.29) is 6.04 Å². The molecule has 1 atom stereocenters. The number of para-hydroxylation sites is 1. The third kappa shape index (κ3) is 3.55. The topological polar surface area (TPSA) is 37.8 Å². The number of rotatable bonds is 6. The van der Waals surface area contributed by atoms with Crippen LogP contribution in [0.2, 0.25) is 0 Å². The number of fused-ring (bicyclic) bond motifs is 1. The molecule has 0 radical (unpaired) electrons. The Bertz CT molecular complexity index is 605. The summed E-state index contributed by atoms with van der Waals surface area (Å²) in [6.45, 7) is 5.07. The van der Waals surface area contributed by atoms with Crippen LogP contribution in [0.15, 0.2) is 30.6 Å². The second-order valence-electron chi connectivity index (χ2n) is 4.74. The lowest BCUT2D eigenvalue weighted by molar-refractivity contribution is 0.508. The molecule has 0 amide bonds. The van der Waals surface area contributed by atoms with Gasteiger partial charge in [-0.3, -0.25) is 9.97 Å². The predicted molar refractivity (Wildman–Crippen MR) is 83.3 cm³/mol. The fourth-order valence-corrected chi connectivity index (χ4v) is 2.32. The molecule has 20 heavy (non-hydrogen) atoms. The summed E-state index contributed by atoms with van der Waals surface area (Å²) in [6.07, 6.45) is 6.51. The first-order valence-corrected chi connectivity index (χ1v) is 7.19. The van der Waals surface area contributed by atoms with Crippen molar-refractivity contribution in [1.82, 2.24) is 15.3 Å². The van der Waals surface area contributed by atoms with Gasteiger partial charge in [-0.2, -0.15) is 0 Å². The molecule has 0 aliphatic carbocycles. The molecule has 0 aliphatic rings. The highest BCUT2D eigenvalue weighted by Gasteiger charge is 2.14. The highest BCUT2D eigenvalue weighted by atomic mass is 14.9. The van der Waals surface area contributed by atoms with Crippen molar-refractivity contribution in [2.24, 2.45) is 0 Å². The second kappa shape index (κ2) is 7.62. The largest absolute Gasteiger partial charge is 0.310 e. The van der Waals surface area contributed by atoms with E-state index in [1.54, 1.807) is 12.4 Å². The minimum Gasteiger partial charge on any atom is -0.310 e. The van der Waals surface area contributed by atoms with Crippen LogP contribution in [0.1, 0.15) is 44.7 Å². The molecule has 3 nitrogen and oxygen atoms in total. The van der Waals surface area contributed by atoms with Crippen LogP contribution in [-0.2, 0) is 0 Å². The lowest BCUT2D eigenvalue weighted by Gasteiger charge is -2.19. The molecule has 0 aliphatic heterocycles. The van der Waals surface area contributed by atoms with Crippen LogP contribution in [0, 0.1) is 11.8 Å². The fourth-order valence-electron chi connectivity index (χ4n) is 2.32. The van der Waals surface area contributed by atoms with Gasteiger partial charge < -0.3 is 5.32 Å². The number of nitrogens with zero attached hydrogens (tertiary/aromatic N) is 2. The van der Waals surface area contributed by atoms with Gasteiger partial charge in [0.15, 0.2) is 0 Å². The Morgan fingerprint density at radius 2 is 2.10 bits per heavy atom. The molecule has 1 unspecified atom stereocenters. The van der Waals surface area contributed by atoms with E-state index >= 15 is 0 Å². The Morgan fingerprint density at radius 3 is 2.90 bits per heavy atom. The smallest absolute Gasteiger partial charge is 0.0934 e. The quantitative estimate of drug-likeness (QED) is 0.814. The highest BCUT2D eigenvalue weighted by molar-refractivity contribution is 5.78. The zero-order chi connectivity index (χ0) is 14.2. The number of hydrogen-bond acceptors (Lipinski definition) is 3. The molecular formula is C17H21N3. The molecule has 3 heteroatoms. The molecule has 1 aromatic carbocycles. The maximum Gasteiger partial charge on any atom is 0.0934 e. The Morgan fingerprint density at radius 1 is 1.25 bits per heavy atom. The van der Waals surface area contributed by atoms with Crippen LogP contribution in [0.5, 0.6) is 0 Å². The molecule has 0 saturated carbocycles. The number of hydrogen-bond donors (Lipinski definition) is 1. The van der Waals surface area contributed by atoms with E-state index in [2.05, 4.69) is 46.2 Å². The van der Waals surface area contributed by atoms with Crippen LogP contribution in [0.3, 0.4) is 0 Å². The lowest BCUT2D eigenvalue weighted by atomic mass is 10.00. The third-order valence-electron chi connectivity index (χ3n) is 3.28. The van der Waals surface area contributed by atoms with Gasteiger partial charge in [-0.1, -0.05) is 19.1 Å². The van der Waals surface area contributed by atoms with Gasteiger partial charge in [0, 0.05) is 24.9 Å². The Balaban J connectivity index is 2.30. The molecule has 2 rings (SSSR count). The number of benzene rings is 1. The van der Waals surface area contributed by atoms with Crippen LogP contribution < -0.4 is 5.32 Å². The van der Waals surface area contributed by atoms with Gasteiger partial charge in [0.05, 0.1) is 11.0 Å². The van der Waals surface area contributed by atoms with Crippen molar-refractivity contribution >= 4 is 11.0 Å². The third-order valence-corrected chi connectivity index (χ3v) is 3.28. The summed E-state index contributed by atoms with van der Waals surface area (Å²) >= 11 is 0. The maximum absolute atomic E-state index is 4.50. The molecule has 0 saturated heterocycles. The first kappa shape index (κ1) is 14.5. The Kier molecular flexibility index (Phi) is 5.52. The summed E-state index contributed by atoms with van der Waals surface area (Å²) in [5, 5.41) is 3.60. The van der Waals surface area contributed by atoms with Crippen LogP contribution in [0.25, 0.3) is 11.0 Å². The number of aromatic nitrogens is 2. The van der Waals surface area contributed by atoms with E-state index < -0.39 is 0 Å². The van der Waals surface area contributed by atoms with Gasteiger partial charge in [-0.05, 0) is 37.9 Å². The van der Waals surface area contributed by atoms with E-state index in [1.807, 2.05) is 13.0 Å². The SMILES string of the molecule is CC#CCCC(NCCC)c1cccc2nccnc12. The normalized spacial score (nSPS) is 11.9. The Labute approximate surface area is 120 Å². The summed E-state index contributed by atoms with van der Waals surface area (Å²) in [4.78, 5) is 8.88. The Hall–Kier alpha value is -1.92. The summed E-state index contributed by atoms with van der Waals surface area (Å²) in [5.41, 5.74) is 3.17. The zero-order valence-corrected chi connectivity index (χ0v) is 12.2. The van der Waals surface area contributed by atoms with Crippen LogP contribution in [0.4, 0.5) is 0 Å².